The maximum absolute atomic E-state index is 5.39. The first-order chi connectivity index (χ1) is 11.2. The van der Waals surface area contributed by atoms with Gasteiger partial charge in [-0.3, -0.25) is 0 Å². The van der Waals surface area contributed by atoms with Crippen molar-refractivity contribution in [3.8, 4) is 17.2 Å². The van der Waals surface area contributed by atoms with Gasteiger partial charge in [0, 0.05) is 11.1 Å². The van der Waals surface area contributed by atoms with Gasteiger partial charge in [-0.1, -0.05) is 22.9 Å². The molecule has 0 saturated heterocycles. The maximum atomic E-state index is 5.39. The Hall–Kier alpha value is -2.69. The molecule has 5 heteroatoms. The molecule has 0 fully saturated rings. The van der Waals surface area contributed by atoms with E-state index in [-0.39, 0.29) is 0 Å². The zero-order chi connectivity index (χ0) is 16.7. The van der Waals surface area contributed by atoms with Crippen LogP contribution in [0.3, 0.4) is 0 Å². The first-order valence-corrected chi connectivity index (χ1v) is 7.19. The quantitative estimate of drug-likeness (QED) is 0.579. The normalized spacial score (nSPS) is 10.6. The largest absolute Gasteiger partial charge is 0.496 e. The van der Waals surface area contributed by atoms with Crippen LogP contribution >= 0.6 is 0 Å². The molecule has 23 heavy (non-hydrogen) atoms. The van der Waals surface area contributed by atoms with Gasteiger partial charge < -0.3 is 19.0 Å². The predicted molar refractivity (Wildman–Crippen MR) is 89.7 cm³/mol. The molecule has 0 aliphatic rings. The molecule has 0 heterocycles. The molecule has 0 atom stereocenters. The predicted octanol–water partition coefficient (Wildman–Crippen LogP) is 3.57. The van der Waals surface area contributed by atoms with E-state index < -0.39 is 0 Å². The van der Waals surface area contributed by atoms with Crippen molar-refractivity contribution in [1.29, 1.82) is 0 Å². The minimum Gasteiger partial charge on any atom is -0.496 e. The van der Waals surface area contributed by atoms with Crippen LogP contribution in [0.25, 0.3) is 0 Å². The number of aryl methyl sites for hydroxylation is 1. The first kappa shape index (κ1) is 16.7. The van der Waals surface area contributed by atoms with Crippen molar-refractivity contribution in [3.63, 3.8) is 0 Å². The van der Waals surface area contributed by atoms with E-state index in [4.69, 9.17) is 19.0 Å². The number of para-hydroxylation sites is 1. The van der Waals surface area contributed by atoms with Crippen LogP contribution in [0.15, 0.2) is 41.6 Å². The summed E-state index contributed by atoms with van der Waals surface area (Å²) in [4.78, 5) is 5.39. The van der Waals surface area contributed by atoms with E-state index in [1.54, 1.807) is 27.5 Å². The Morgan fingerprint density at radius 2 is 1.74 bits per heavy atom. The third-order valence-electron chi connectivity index (χ3n) is 3.36. The Kier molecular flexibility index (Phi) is 5.86. The first-order valence-electron chi connectivity index (χ1n) is 7.19. The number of hydrogen-bond donors (Lipinski definition) is 0. The second kappa shape index (κ2) is 8.08. The molecule has 0 amide bonds. The number of rotatable bonds is 7. The van der Waals surface area contributed by atoms with Gasteiger partial charge >= 0.3 is 0 Å². The molecule has 2 aromatic carbocycles. The number of nitrogens with zero attached hydrogens (tertiary/aromatic N) is 1. The summed E-state index contributed by atoms with van der Waals surface area (Å²) in [5.41, 5.74) is 2.87. The van der Waals surface area contributed by atoms with Crippen molar-refractivity contribution in [2.24, 2.45) is 5.16 Å². The monoisotopic (exact) mass is 315 g/mol. The van der Waals surface area contributed by atoms with Gasteiger partial charge in [0.25, 0.3) is 0 Å². The van der Waals surface area contributed by atoms with Crippen LogP contribution in [-0.4, -0.2) is 27.5 Å². The van der Waals surface area contributed by atoms with Crippen LogP contribution in [0.1, 0.15) is 16.7 Å². The van der Waals surface area contributed by atoms with Gasteiger partial charge in [0.05, 0.1) is 27.5 Å². The van der Waals surface area contributed by atoms with Crippen LogP contribution in [0, 0.1) is 6.92 Å². The second-order valence-electron chi connectivity index (χ2n) is 4.91. The third kappa shape index (κ3) is 4.16. The van der Waals surface area contributed by atoms with Crippen LogP contribution in [-0.2, 0) is 11.4 Å². The molecule has 0 aromatic heterocycles. The van der Waals surface area contributed by atoms with E-state index in [2.05, 4.69) is 5.16 Å². The molecule has 2 aromatic rings. The molecule has 0 N–H and O–H groups in total. The average molecular weight is 315 g/mol. The summed E-state index contributed by atoms with van der Waals surface area (Å²) in [5, 5.41) is 4.01. The van der Waals surface area contributed by atoms with Gasteiger partial charge in [0.15, 0.2) is 11.5 Å². The van der Waals surface area contributed by atoms with Crippen molar-refractivity contribution in [3.05, 3.63) is 53.1 Å². The zero-order valence-corrected chi connectivity index (χ0v) is 13.8. The summed E-state index contributed by atoms with van der Waals surface area (Å²) in [5.74, 6) is 2.05. The lowest BCUT2D eigenvalue weighted by Crippen LogP contribution is -1.97. The lowest BCUT2D eigenvalue weighted by Gasteiger charge is -2.10. The van der Waals surface area contributed by atoms with Crippen molar-refractivity contribution < 1.29 is 19.0 Å². The highest BCUT2D eigenvalue weighted by Gasteiger charge is 2.07. The molecule has 5 nitrogen and oxygen atoms in total. The van der Waals surface area contributed by atoms with Crippen LogP contribution in [0.5, 0.6) is 17.2 Å². The molecule has 0 unspecified atom stereocenters. The number of ether oxygens (including phenoxy) is 3. The molecular weight excluding hydrogens is 294 g/mol. The third-order valence-corrected chi connectivity index (χ3v) is 3.36. The van der Waals surface area contributed by atoms with Crippen molar-refractivity contribution in [2.75, 3.05) is 21.3 Å². The topological polar surface area (TPSA) is 49.3 Å². The highest BCUT2D eigenvalue weighted by atomic mass is 16.6. The fourth-order valence-corrected chi connectivity index (χ4v) is 2.23. The lowest BCUT2D eigenvalue weighted by molar-refractivity contribution is 0.130. The summed E-state index contributed by atoms with van der Waals surface area (Å²) in [6.45, 7) is 2.35. The molecule has 0 saturated carbocycles. The summed E-state index contributed by atoms with van der Waals surface area (Å²) in [6, 6.07) is 11.5. The van der Waals surface area contributed by atoms with Crippen molar-refractivity contribution in [1.82, 2.24) is 0 Å². The van der Waals surface area contributed by atoms with Crippen molar-refractivity contribution >= 4 is 6.21 Å². The van der Waals surface area contributed by atoms with E-state index in [0.29, 0.717) is 18.1 Å². The van der Waals surface area contributed by atoms with Gasteiger partial charge in [0.1, 0.15) is 12.4 Å². The van der Waals surface area contributed by atoms with Gasteiger partial charge in [-0.05, 0) is 31.2 Å². The number of methoxy groups -OCH3 is 3. The average Bonchev–Trinajstić information content (AvgIpc) is 2.58. The minimum absolute atomic E-state index is 0.327. The molecule has 0 aliphatic carbocycles. The van der Waals surface area contributed by atoms with Gasteiger partial charge in [-0.25, -0.2) is 0 Å². The lowest BCUT2D eigenvalue weighted by atomic mass is 10.1. The molecule has 0 aliphatic heterocycles. The molecule has 2 rings (SSSR count). The van der Waals surface area contributed by atoms with E-state index >= 15 is 0 Å². The highest BCUT2D eigenvalue weighted by molar-refractivity contribution is 5.84. The Balaban J connectivity index is 2.07. The van der Waals surface area contributed by atoms with Gasteiger partial charge in [0.2, 0.25) is 0 Å². The fourth-order valence-electron chi connectivity index (χ4n) is 2.23. The molecule has 0 spiro atoms. The van der Waals surface area contributed by atoms with E-state index in [1.165, 1.54) is 0 Å². The van der Waals surface area contributed by atoms with Crippen LogP contribution in [0.4, 0.5) is 0 Å². The SMILES string of the molecule is COc1ccc(C)cc1CO/N=C\c1cccc(OC)c1OC. The van der Waals surface area contributed by atoms with Crippen molar-refractivity contribution in [2.45, 2.75) is 13.5 Å². The summed E-state index contributed by atoms with van der Waals surface area (Å²) < 4.78 is 15.9. The van der Waals surface area contributed by atoms with Gasteiger partial charge in [-0.15, -0.1) is 0 Å². The standard InChI is InChI=1S/C18H21NO4/c1-13-8-9-16(20-2)15(10-13)12-23-19-11-14-6-5-7-17(21-3)18(14)22-4/h5-11H,12H2,1-4H3/b19-11-. The molecule has 0 radical (unpaired) electrons. The Morgan fingerprint density at radius 3 is 2.43 bits per heavy atom. The van der Waals surface area contributed by atoms with Gasteiger partial charge in [-0.2, -0.15) is 0 Å². The minimum atomic E-state index is 0.327. The number of benzene rings is 2. The van der Waals surface area contributed by atoms with Crippen LogP contribution in [0.2, 0.25) is 0 Å². The molecular formula is C18H21NO4. The Morgan fingerprint density at radius 1 is 0.957 bits per heavy atom. The highest BCUT2D eigenvalue weighted by Crippen LogP contribution is 2.29. The molecule has 122 valence electrons. The number of hydrogen-bond acceptors (Lipinski definition) is 5. The zero-order valence-electron chi connectivity index (χ0n) is 13.8. The smallest absolute Gasteiger partial charge is 0.169 e. The Bertz CT molecular complexity index is 683. The van der Waals surface area contributed by atoms with E-state index in [0.717, 1.165) is 22.4 Å². The fraction of sp³-hybridized carbons (Fsp3) is 0.278. The number of oxime groups is 1. The van der Waals surface area contributed by atoms with Crippen LogP contribution < -0.4 is 14.2 Å². The van der Waals surface area contributed by atoms with E-state index in [1.807, 2.05) is 43.3 Å². The summed E-state index contributed by atoms with van der Waals surface area (Å²) >= 11 is 0. The summed E-state index contributed by atoms with van der Waals surface area (Å²) in [6.07, 6.45) is 1.60. The van der Waals surface area contributed by atoms with E-state index in [9.17, 15) is 0 Å². The molecule has 0 bridgehead atoms. The maximum Gasteiger partial charge on any atom is 0.169 e. The summed E-state index contributed by atoms with van der Waals surface area (Å²) in [7, 11) is 4.82. The second-order valence-corrected chi connectivity index (χ2v) is 4.91. The Labute approximate surface area is 136 Å².